The molecule has 28 heavy (non-hydrogen) atoms. The Morgan fingerprint density at radius 2 is 1.82 bits per heavy atom. The number of methoxy groups -OCH3 is 1. The van der Waals surface area contributed by atoms with E-state index in [4.69, 9.17) is 4.74 Å². The van der Waals surface area contributed by atoms with E-state index in [9.17, 15) is 0 Å². The molecule has 1 unspecified atom stereocenters. The Bertz CT molecular complexity index is 930. The van der Waals surface area contributed by atoms with E-state index in [2.05, 4.69) is 57.7 Å². The van der Waals surface area contributed by atoms with Gasteiger partial charge in [-0.15, -0.1) is 0 Å². The summed E-state index contributed by atoms with van der Waals surface area (Å²) in [5.74, 6) is 1.50. The van der Waals surface area contributed by atoms with Crippen LogP contribution in [-0.2, 0) is 6.54 Å². The molecule has 2 fully saturated rings. The van der Waals surface area contributed by atoms with Gasteiger partial charge in [0.15, 0.2) is 0 Å². The number of nitrogens with one attached hydrogen (secondary N) is 1. The summed E-state index contributed by atoms with van der Waals surface area (Å²) in [7, 11) is 1.71. The molecule has 1 aromatic heterocycles. The minimum atomic E-state index is 0.557. The van der Waals surface area contributed by atoms with Crippen LogP contribution in [0.5, 0.6) is 5.75 Å². The lowest BCUT2D eigenvalue weighted by Gasteiger charge is -2.59. The van der Waals surface area contributed by atoms with Crippen LogP contribution in [0.1, 0.15) is 17.0 Å². The number of fused-ring (bicyclic) bond motifs is 2. The number of piperidine rings is 1. The first-order chi connectivity index (χ1) is 13.8. The number of ether oxygens (including phenoxy) is 1. The van der Waals surface area contributed by atoms with Crippen LogP contribution in [0.3, 0.4) is 0 Å². The standard InChI is InChI=1S/C24H25N3O/c1-28-21-6-2-5-20(12-21)18-7-9-19(10-8-18)24-22-14-26-15-23(24)27(22)16-17-4-3-11-25-13-17/h2-13,22-24,26H,14-16H2,1H3/t22-,23+,24?. The Kier molecular flexibility index (Phi) is 4.59. The maximum atomic E-state index is 5.36. The van der Waals surface area contributed by atoms with E-state index in [0.717, 1.165) is 25.4 Å². The summed E-state index contributed by atoms with van der Waals surface area (Å²) in [6.45, 7) is 3.10. The SMILES string of the molecule is COc1cccc(-c2ccc(C3[C@H]4CNC[C@@H]3N4Cc3cccnc3)cc2)c1. The molecule has 0 spiro atoms. The van der Waals surface area contributed by atoms with Gasteiger partial charge in [0.1, 0.15) is 5.75 Å². The van der Waals surface area contributed by atoms with Crippen molar-refractivity contribution in [2.24, 2.45) is 0 Å². The zero-order valence-corrected chi connectivity index (χ0v) is 16.1. The predicted octanol–water partition coefficient (Wildman–Crippen LogP) is 3.70. The quantitative estimate of drug-likeness (QED) is 0.742. The second-order valence-corrected chi connectivity index (χ2v) is 7.71. The molecule has 4 heteroatoms. The van der Waals surface area contributed by atoms with E-state index < -0.39 is 0 Å². The third kappa shape index (κ3) is 3.09. The number of piperazine rings is 1. The normalized spacial score (nSPS) is 23.8. The molecule has 5 rings (SSSR count). The molecule has 142 valence electrons. The van der Waals surface area contributed by atoms with Crippen molar-refractivity contribution in [3.8, 4) is 16.9 Å². The second-order valence-electron chi connectivity index (χ2n) is 7.71. The molecule has 0 radical (unpaired) electrons. The van der Waals surface area contributed by atoms with Crippen molar-refractivity contribution in [3.05, 3.63) is 84.2 Å². The molecule has 2 aliphatic heterocycles. The van der Waals surface area contributed by atoms with Gasteiger partial charge in [-0.25, -0.2) is 0 Å². The first-order valence-electron chi connectivity index (χ1n) is 9.93. The Morgan fingerprint density at radius 3 is 2.54 bits per heavy atom. The first kappa shape index (κ1) is 17.4. The van der Waals surface area contributed by atoms with Crippen LogP contribution < -0.4 is 10.1 Å². The Balaban J connectivity index is 1.34. The molecule has 3 atom stereocenters. The maximum Gasteiger partial charge on any atom is 0.119 e. The second kappa shape index (κ2) is 7.38. The summed E-state index contributed by atoms with van der Waals surface area (Å²) in [6.07, 6.45) is 3.83. The molecule has 2 aliphatic rings. The van der Waals surface area contributed by atoms with Crippen molar-refractivity contribution < 1.29 is 4.74 Å². The van der Waals surface area contributed by atoms with Crippen molar-refractivity contribution in [2.45, 2.75) is 24.5 Å². The average Bonchev–Trinajstić information content (AvgIpc) is 2.78. The lowest BCUT2D eigenvalue weighted by atomic mass is 9.72. The molecule has 2 aromatic carbocycles. The minimum absolute atomic E-state index is 0.557. The third-order valence-corrected chi connectivity index (χ3v) is 6.17. The number of likely N-dealkylation sites (tertiary alicyclic amines) is 1. The van der Waals surface area contributed by atoms with Gasteiger partial charge < -0.3 is 10.1 Å². The first-order valence-corrected chi connectivity index (χ1v) is 9.93. The fourth-order valence-corrected chi connectivity index (χ4v) is 4.76. The van der Waals surface area contributed by atoms with E-state index in [1.807, 2.05) is 30.6 Å². The van der Waals surface area contributed by atoms with Crippen LogP contribution >= 0.6 is 0 Å². The lowest BCUT2D eigenvalue weighted by Crippen LogP contribution is -2.72. The number of rotatable bonds is 5. The highest BCUT2D eigenvalue weighted by molar-refractivity contribution is 5.65. The summed E-state index contributed by atoms with van der Waals surface area (Å²) >= 11 is 0. The predicted molar refractivity (Wildman–Crippen MR) is 111 cm³/mol. The van der Waals surface area contributed by atoms with Gasteiger partial charge in [-0.2, -0.15) is 0 Å². The molecule has 3 aromatic rings. The number of pyridine rings is 1. The molecular formula is C24H25N3O. The van der Waals surface area contributed by atoms with E-state index in [0.29, 0.717) is 18.0 Å². The van der Waals surface area contributed by atoms with Gasteiger partial charge in [0, 0.05) is 50.0 Å². The topological polar surface area (TPSA) is 37.4 Å². The zero-order valence-electron chi connectivity index (χ0n) is 16.1. The fraction of sp³-hybridized carbons (Fsp3) is 0.292. The van der Waals surface area contributed by atoms with Gasteiger partial charge in [0.2, 0.25) is 0 Å². The highest BCUT2D eigenvalue weighted by atomic mass is 16.5. The van der Waals surface area contributed by atoms with Crippen LogP contribution in [0.15, 0.2) is 73.1 Å². The molecule has 0 saturated carbocycles. The third-order valence-electron chi connectivity index (χ3n) is 6.17. The van der Waals surface area contributed by atoms with Gasteiger partial charge in [-0.05, 0) is 40.5 Å². The van der Waals surface area contributed by atoms with Crippen molar-refractivity contribution in [2.75, 3.05) is 20.2 Å². The monoisotopic (exact) mass is 371 g/mol. The van der Waals surface area contributed by atoms with E-state index in [1.165, 1.54) is 22.3 Å². The number of hydrogen-bond donors (Lipinski definition) is 1. The van der Waals surface area contributed by atoms with Crippen molar-refractivity contribution in [1.82, 2.24) is 15.2 Å². The smallest absolute Gasteiger partial charge is 0.119 e. The largest absolute Gasteiger partial charge is 0.497 e. The Hall–Kier alpha value is -2.69. The highest BCUT2D eigenvalue weighted by Gasteiger charge is 2.50. The fourth-order valence-electron chi connectivity index (χ4n) is 4.76. The molecule has 2 saturated heterocycles. The summed E-state index contributed by atoms with van der Waals surface area (Å²) in [5.41, 5.74) is 5.17. The van der Waals surface area contributed by atoms with Crippen molar-refractivity contribution in [3.63, 3.8) is 0 Å². The average molecular weight is 371 g/mol. The highest BCUT2D eigenvalue weighted by Crippen LogP contribution is 2.43. The van der Waals surface area contributed by atoms with E-state index >= 15 is 0 Å². The summed E-state index contributed by atoms with van der Waals surface area (Å²) < 4.78 is 5.36. The van der Waals surface area contributed by atoms with Crippen LogP contribution in [0.25, 0.3) is 11.1 Å². The van der Waals surface area contributed by atoms with Gasteiger partial charge >= 0.3 is 0 Å². The van der Waals surface area contributed by atoms with Crippen LogP contribution in [-0.4, -0.2) is 42.2 Å². The van der Waals surface area contributed by atoms with Crippen LogP contribution in [0.2, 0.25) is 0 Å². The molecule has 2 bridgehead atoms. The molecule has 0 aliphatic carbocycles. The summed E-state index contributed by atoms with van der Waals surface area (Å²) in [4.78, 5) is 6.90. The number of nitrogens with zero attached hydrogens (tertiary/aromatic N) is 2. The van der Waals surface area contributed by atoms with E-state index in [1.54, 1.807) is 7.11 Å². The summed E-state index contributed by atoms with van der Waals surface area (Å²) in [6, 6.07) is 22.7. The zero-order chi connectivity index (χ0) is 18.9. The number of hydrogen-bond acceptors (Lipinski definition) is 4. The molecule has 0 amide bonds. The molecule has 3 heterocycles. The van der Waals surface area contributed by atoms with Crippen LogP contribution in [0.4, 0.5) is 0 Å². The van der Waals surface area contributed by atoms with Crippen LogP contribution in [0, 0.1) is 0 Å². The Morgan fingerprint density at radius 1 is 1.00 bits per heavy atom. The minimum Gasteiger partial charge on any atom is -0.497 e. The number of benzene rings is 2. The Labute approximate surface area is 166 Å². The molecule has 4 nitrogen and oxygen atoms in total. The summed E-state index contributed by atoms with van der Waals surface area (Å²) in [5, 5.41) is 3.58. The van der Waals surface area contributed by atoms with Gasteiger partial charge in [0.25, 0.3) is 0 Å². The maximum absolute atomic E-state index is 5.36. The van der Waals surface area contributed by atoms with E-state index in [-0.39, 0.29) is 0 Å². The van der Waals surface area contributed by atoms with Gasteiger partial charge in [-0.1, -0.05) is 42.5 Å². The molecule has 1 N–H and O–H groups in total. The van der Waals surface area contributed by atoms with Crippen molar-refractivity contribution in [1.29, 1.82) is 0 Å². The lowest BCUT2D eigenvalue weighted by molar-refractivity contribution is -0.0484. The van der Waals surface area contributed by atoms with Gasteiger partial charge in [0.05, 0.1) is 7.11 Å². The molecular weight excluding hydrogens is 346 g/mol. The van der Waals surface area contributed by atoms with Crippen molar-refractivity contribution >= 4 is 0 Å². The van der Waals surface area contributed by atoms with Gasteiger partial charge in [-0.3, -0.25) is 9.88 Å². The number of aromatic nitrogens is 1.